The molecule has 0 radical (unpaired) electrons. The van der Waals surface area contributed by atoms with Gasteiger partial charge in [-0.15, -0.1) is 23.1 Å². The van der Waals surface area contributed by atoms with Crippen LogP contribution in [0.5, 0.6) is 0 Å². The maximum absolute atomic E-state index is 13.5. The number of hydrogen-bond acceptors (Lipinski definition) is 2. The predicted octanol–water partition coefficient (Wildman–Crippen LogP) is 3.90. The van der Waals surface area contributed by atoms with Crippen molar-refractivity contribution in [1.82, 2.24) is 0 Å². The van der Waals surface area contributed by atoms with Gasteiger partial charge in [0.1, 0.15) is 5.82 Å². The second-order valence-electron chi connectivity index (χ2n) is 2.54. The van der Waals surface area contributed by atoms with Gasteiger partial charge in [-0.25, -0.2) is 8.78 Å². The quantitative estimate of drug-likeness (QED) is 0.651. The van der Waals surface area contributed by atoms with Crippen LogP contribution in [0.3, 0.4) is 0 Å². The van der Waals surface area contributed by atoms with E-state index in [2.05, 4.69) is 0 Å². The maximum atomic E-state index is 13.5. The molecule has 68 valence electrons. The number of hydrogen-bond donors (Lipinski definition) is 0. The fourth-order valence-electron chi connectivity index (χ4n) is 1.17. The molecule has 0 nitrogen and oxygen atoms in total. The van der Waals surface area contributed by atoms with Crippen LogP contribution >= 0.6 is 23.1 Å². The molecule has 0 amide bonds. The van der Waals surface area contributed by atoms with Crippen LogP contribution in [0.2, 0.25) is 0 Å². The first kappa shape index (κ1) is 8.97. The first-order valence-corrected chi connectivity index (χ1v) is 5.73. The van der Waals surface area contributed by atoms with Crippen LogP contribution in [0.15, 0.2) is 22.4 Å². The van der Waals surface area contributed by atoms with Crippen LogP contribution in [-0.4, -0.2) is 6.26 Å². The van der Waals surface area contributed by atoms with Crippen LogP contribution in [-0.2, 0) is 0 Å². The molecule has 0 spiro atoms. The number of fused-ring (bicyclic) bond motifs is 1. The van der Waals surface area contributed by atoms with Gasteiger partial charge in [0.15, 0.2) is 5.82 Å². The first-order valence-electron chi connectivity index (χ1n) is 3.63. The zero-order valence-corrected chi connectivity index (χ0v) is 8.44. The van der Waals surface area contributed by atoms with Crippen molar-refractivity contribution >= 4 is 33.2 Å². The summed E-state index contributed by atoms with van der Waals surface area (Å²) in [7, 11) is 0. The largest absolute Gasteiger partial charge is 0.205 e. The Morgan fingerprint density at radius 3 is 2.77 bits per heavy atom. The predicted molar refractivity (Wildman–Crippen MR) is 53.5 cm³/mol. The van der Waals surface area contributed by atoms with E-state index in [-0.39, 0.29) is 11.6 Å². The van der Waals surface area contributed by atoms with Crippen molar-refractivity contribution in [1.29, 1.82) is 0 Å². The summed E-state index contributed by atoms with van der Waals surface area (Å²) >= 11 is 2.44. The summed E-state index contributed by atoms with van der Waals surface area (Å²) in [5, 5.41) is 1.71. The molecule has 2 rings (SSSR count). The minimum absolute atomic E-state index is 0.307. The zero-order chi connectivity index (χ0) is 9.42. The van der Waals surface area contributed by atoms with E-state index in [1.54, 1.807) is 18.4 Å². The van der Waals surface area contributed by atoms with Gasteiger partial charge in [0, 0.05) is 15.7 Å². The average molecular weight is 216 g/mol. The van der Waals surface area contributed by atoms with Crippen LogP contribution in [0.1, 0.15) is 0 Å². The lowest BCUT2D eigenvalue weighted by molar-refractivity contribution is 0.614. The highest BCUT2D eigenvalue weighted by atomic mass is 32.2. The summed E-state index contributed by atoms with van der Waals surface area (Å²) in [4.78, 5) is 0.564. The Balaban J connectivity index is 2.80. The van der Waals surface area contributed by atoms with E-state index >= 15 is 0 Å². The molecule has 1 aromatic carbocycles. The minimum atomic E-state index is -0.341. The van der Waals surface area contributed by atoms with Gasteiger partial charge in [-0.05, 0) is 18.4 Å². The molecule has 0 aliphatic heterocycles. The Morgan fingerprint density at radius 2 is 2.08 bits per heavy atom. The van der Waals surface area contributed by atoms with Crippen molar-refractivity contribution < 1.29 is 8.78 Å². The molecule has 0 N–H and O–H groups in total. The third kappa shape index (κ3) is 1.34. The second-order valence-corrected chi connectivity index (χ2v) is 4.27. The second kappa shape index (κ2) is 3.27. The Bertz CT molecular complexity index is 448. The van der Waals surface area contributed by atoms with Crippen LogP contribution in [0, 0.1) is 11.6 Å². The molecule has 0 unspecified atom stereocenters. The fraction of sp³-hybridized carbons (Fsp3) is 0.111. The number of thiophene rings is 1. The standard InChI is InChI=1S/C9H6F2S2/c1-12-7-3-2-5-6(10)4-13-9(5)8(7)11/h2-4H,1H3. The molecular weight excluding hydrogens is 210 g/mol. The van der Waals surface area contributed by atoms with E-state index in [1.165, 1.54) is 17.1 Å². The highest BCUT2D eigenvalue weighted by Gasteiger charge is 2.10. The maximum Gasteiger partial charge on any atom is 0.154 e. The van der Waals surface area contributed by atoms with Gasteiger partial charge in [0.25, 0.3) is 0 Å². The van der Waals surface area contributed by atoms with E-state index in [0.29, 0.717) is 15.0 Å². The zero-order valence-electron chi connectivity index (χ0n) is 6.80. The minimum Gasteiger partial charge on any atom is -0.205 e. The Kier molecular flexibility index (Phi) is 2.26. The van der Waals surface area contributed by atoms with Crippen molar-refractivity contribution in [3.63, 3.8) is 0 Å². The first-order chi connectivity index (χ1) is 6.24. The van der Waals surface area contributed by atoms with E-state index in [9.17, 15) is 8.78 Å². The summed E-state index contributed by atoms with van der Waals surface area (Å²) in [5.74, 6) is -0.648. The number of halogens is 2. The van der Waals surface area contributed by atoms with Crippen molar-refractivity contribution in [2.24, 2.45) is 0 Å². The third-order valence-electron chi connectivity index (χ3n) is 1.82. The van der Waals surface area contributed by atoms with Gasteiger partial charge in [0.05, 0.1) is 4.70 Å². The number of benzene rings is 1. The molecule has 1 heterocycles. The average Bonchev–Trinajstić information content (AvgIpc) is 2.50. The molecule has 1 aromatic heterocycles. The summed E-state index contributed by atoms with van der Waals surface area (Å²) < 4.78 is 26.9. The molecule has 0 fully saturated rings. The molecule has 0 saturated carbocycles. The third-order valence-corrected chi connectivity index (χ3v) is 3.53. The summed E-state index contributed by atoms with van der Waals surface area (Å²) in [6.07, 6.45) is 1.80. The van der Waals surface area contributed by atoms with Crippen molar-refractivity contribution in [3.8, 4) is 0 Å². The van der Waals surface area contributed by atoms with Gasteiger partial charge in [0.2, 0.25) is 0 Å². The lowest BCUT2D eigenvalue weighted by atomic mass is 10.2. The summed E-state index contributed by atoms with van der Waals surface area (Å²) in [6, 6.07) is 3.23. The lowest BCUT2D eigenvalue weighted by Gasteiger charge is -1.98. The Morgan fingerprint density at radius 1 is 1.31 bits per heavy atom. The Labute approximate surface area is 82.6 Å². The lowest BCUT2D eigenvalue weighted by Crippen LogP contribution is -1.80. The molecule has 0 saturated heterocycles. The SMILES string of the molecule is CSc1ccc2c(F)csc2c1F. The topological polar surface area (TPSA) is 0 Å². The molecule has 0 aliphatic rings. The number of thioether (sulfide) groups is 1. The molecule has 2 aromatic rings. The fourth-order valence-corrected chi connectivity index (χ4v) is 2.58. The van der Waals surface area contributed by atoms with E-state index < -0.39 is 0 Å². The normalized spacial score (nSPS) is 11.0. The highest BCUT2D eigenvalue weighted by Crippen LogP contribution is 2.32. The van der Waals surface area contributed by atoms with Crippen molar-refractivity contribution in [2.45, 2.75) is 4.90 Å². The molecule has 0 bridgehead atoms. The molecular formula is C9H6F2S2. The van der Waals surface area contributed by atoms with Crippen LogP contribution < -0.4 is 0 Å². The summed E-state index contributed by atoms with van der Waals surface area (Å²) in [6.45, 7) is 0. The van der Waals surface area contributed by atoms with E-state index in [1.807, 2.05) is 0 Å². The van der Waals surface area contributed by atoms with Crippen molar-refractivity contribution in [3.05, 3.63) is 29.1 Å². The van der Waals surface area contributed by atoms with E-state index in [0.717, 1.165) is 11.3 Å². The molecule has 0 aliphatic carbocycles. The van der Waals surface area contributed by atoms with E-state index in [4.69, 9.17) is 0 Å². The molecule has 0 atom stereocenters. The van der Waals surface area contributed by atoms with Gasteiger partial charge < -0.3 is 0 Å². The Hall–Kier alpha value is -0.610. The monoisotopic (exact) mass is 216 g/mol. The van der Waals surface area contributed by atoms with Gasteiger partial charge >= 0.3 is 0 Å². The van der Waals surface area contributed by atoms with Gasteiger partial charge in [-0.1, -0.05) is 0 Å². The molecule has 4 heteroatoms. The van der Waals surface area contributed by atoms with Crippen LogP contribution in [0.4, 0.5) is 8.78 Å². The summed E-state index contributed by atoms with van der Waals surface area (Å²) in [5.41, 5.74) is 0. The van der Waals surface area contributed by atoms with Gasteiger partial charge in [-0.3, -0.25) is 0 Å². The van der Waals surface area contributed by atoms with Gasteiger partial charge in [-0.2, -0.15) is 0 Å². The smallest absolute Gasteiger partial charge is 0.154 e. The molecule has 13 heavy (non-hydrogen) atoms. The highest BCUT2D eigenvalue weighted by molar-refractivity contribution is 7.98. The number of rotatable bonds is 1. The van der Waals surface area contributed by atoms with Crippen molar-refractivity contribution in [2.75, 3.05) is 6.26 Å². The van der Waals surface area contributed by atoms with Crippen LogP contribution in [0.25, 0.3) is 10.1 Å².